The lowest BCUT2D eigenvalue weighted by Crippen LogP contribution is -2.21. The Kier molecular flexibility index (Phi) is 5.13. The fraction of sp³-hybridized carbons (Fsp3) is 0.267. The summed E-state index contributed by atoms with van der Waals surface area (Å²) in [7, 11) is 3.07. The fourth-order valence-electron chi connectivity index (χ4n) is 1.71. The standard InChI is InChI=1S/C15H17N3O4/c1-10-6-7-16-15(17-10)22-9-14(19)18-12-5-4-11(20-2)8-13(12)21-3/h4-8H,9H2,1-3H3,(H,18,19). The molecule has 0 radical (unpaired) electrons. The zero-order valence-electron chi connectivity index (χ0n) is 12.6. The van der Waals surface area contributed by atoms with Crippen LogP contribution in [-0.2, 0) is 4.79 Å². The van der Waals surface area contributed by atoms with Crippen molar-refractivity contribution in [2.75, 3.05) is 26.1 Å². The molecule has 1 amide bonds. The second kappa shape index (κ2) is 7.26. The van der Waals surface area contributed by atoms with E-state index in [1.54, 1.807) is 37.6 Å². The molecule has 0 fully saturated rings. The highest BCUT2D eigenvalue weighted by atomic mass is 16.5. The van der Waals surface area contributed by atoms with Crippen LogP contribution in [0.1, 0.15) is 5.69 Å². The molecule has 0 aliphatic heterocycles. The number of ether oxygens (including phenoxy) is 3. The molecule has 2 rings (SSSR count). The van der Waals surface area contributed by atoms with Crippen molar-refractivity contribution in [3.8, 4) is 17.5 Å². The summed E-state index contributed by atoms with van der Waals surface area (Å²) in [4.78, 5) is 19.9. The molecular weight excluding hydrogens is 286 g/mol. The number of carbonyl (C=O) groups is 1. The van der Waals surface area contributed by atoms with Gasteiger partial charge >= 0.3 is 6.01 Å². The first kappa shape index (κ1) is 15.6. The Morgan fingerprint density at radius 3 is 2.73 bits per heavy atom. The van der Waals surface area contributed by atoms with E-state index in [1.807, 2.05) is 6.92 Å². The Hall–Kier alpha value is -2.83. The van der Waals surface area contributed by atoms with Crippen LogP contribution >= 0.6 is 0 Å². The van der Waals surface area contributed by atoms with Crippen LogP contribution in [0, 0.1) is 6.92 Å². The van der Waals surface area contributed by atoms with E-state index in [4.69, 9.17) is 14.2 Å². The van der Waals surface area contributed by atoms with Crippen molar-refractivity contribution >= 4 is 11.6 Å². The smallest absolute Gasteiger partial charge is 0.317 e. The SMILES string of the molecule is COc1ccc(NC(=O)COc2nccc(C)n2)c(OC)c1. The molecule has 7 nitrogen and oxygen atoms in total. The maximum Gasteiger partial charge on any atom is 0.317 e. The van der Waals surface area contributed by atoms with E-state index in [9.17, 15) is 4.79 Å². The van der Waals surface area contributed by atoms with Crippen LogP contribution in [0.25, 0.3) is 0 Å². The van der Waals surface area contributed by atoms with Crippen LogP contribution in [0.5, 0.6) is 17.5 Å². The lowest BCUT2D eigenvalue weighted by Gasteiger charge is -2.11. The fourth-order valence-corrected chi connectivity index (χ4v) is 1.71. The Bertz CT molecular complexity index is 661. The maximum absolute atomic E-state index is 11.9. The molecule has 0 unspecified atom stereocenters. The number of nitrogens with zero attached hydrogens (tertiary/aromatic N) is 2. The molecule has 0 bridgehead atoms. The maximum atomic E-state index is 11.9. The Morgan fingerprint density at radius 2 is 2.05 bits per heavy atom. The molecule has 22 heavy (non-hydrogen) atoms. The molecule has 1 N–H and O–H groups in total. The predicted octanol–water partition coefficient (Wildman–Crippen LogP) is 1.82. The topological polar surface area (TPSA) is 82.6 Å². The van der Waals surface area contributed by atoms with Crippen molar-refractivity contribution in [1.82, 2.24) is 9.97 Å². The van der Waals surface area contributed by atoms with Crippen LogP contribution in [0.2, 0.25) is 0 Å². The van der Waals surface area contributed by atoms with Gasteiger partial charge in [-0.05, 0) is 25.1 Å². The Labute approximate surface area is 128 Å². The monoisotopic (exact) mass is 303 g/mol. The van der Waals surface area contributed by atoms with Gasteiger partial charge in [0.2, 0.25) is 0 Å². The highest BCUT2D eigenvalue weighted by Gasteiger charge is 2.10. The zero-order chi connectivity index (χ0) is 15.9. The minimum absolute atomic E-state index is 0.164. The van der Waals surface area contributed by atoms with Crippen LogP contribution in [-0.4, -0.2) is 36.7 Å². The van der Waals surface area contributed by atoms with Crippen molar-refractivity contribution in [3.63, 3.8) is 0 Å². The highest BCUT2D eigenvalue weighted by Crippen LogP contribution is 2.28. The molecule has 7 heteroatoms. The Morgan fingerprint density at radius 1 is 1.23 bits per heavy atom. The van der Waals surface area contributed by atoms with E-state index in [0.717, 1.165) is 5.69 Å². The average Bonchev–Trinajstić information content (AvgIpc) is 2.53. The average molecular weight is 303 g/mol. The van der Waals surface area contributed by atoms with Gasteiger partial charge in [-0.25, -0.2) is 9.97 Å². The molecule has 0 aliphatic carbocycles. The van der Waals surface area contributed by atoms with Gasteiger partial charge in [-0.1, -0.05) is 0 Å². The number of methoxy groups -OCH3 is 2. The summed E-state index contributed by atoms with van der Waals surface area (Å²) in [5, 5.41) is 2.70. The minimum atomic E-state index is -0.339. The van der Waals surface area contributed by atoms with Gasteiger partial charge in [0.15, 0.2) is 6.61 Å². The van der Waals surface area contributed by atoms with Gasteiger partial charge in [0, 0.05) is 18.0 Å². The second-order valence-corrected chi connectivity index (χ2v) is 4.38. The van der Waals surface area contributed by atoms with Crippen molar-refractivity contribution < 1.29 is 19.0 Å². The second-order valence-electron chi connectivity index (χ2n) is 4.38. The number of carbonyl (C=O) groups excluding carboxylic acids is 1. The van der Waals surface area contributed by atoms with Gasteiger partial charge in [0.05, 0.1) is 19.9 Å². The summed E-state index contributed by atoms with van der Waals surface area (Å²) in [6, 6.07) is 7.01. The first-order valence-electron chi connectivity index (χ1n) is 6.56. The van der Waals surface area contributed by atoms with Crippen LogP contribution in [0.4, 0.5) is 5.69 Å². The van der Waals surface area contributed by atoms with Crippen molar-refractivity contribution in [3.05, 3.63) is 36.2 Å². The van der Waals surface area contributed by atoms with Crippen LogP contribution < -0.4 is 19.5 Å². The number of aromatic nitrogens is 2. The summed E-state index contributed by atoms with van der Waals surface area (Å²) in [6.07, 6.45) is 1.57. The molecule has 1 heterocycles. The van der Waals surface area contributed by atoms with E-state index in [2.05, 4.69) is 15.3 Å². The van der Waals surface area contributed by atoms with Gasteiger partial charge in [-0.2, -0.15) is 0 Å². The first-order chi connectivity index (χ1) is 10.6. The summed E-state index contributed by atoms with van der Waals surface area (Å²) in [6.45, 7) is 1.62. The summed E-state index contributed by atoms with van der Waals surface area (Å²) >= 11 is 0. The first-order valence-corrected chi connectivity index (χ1v) is 6.56. The van der Waals surface area contributed by atoms with Crippen molar-refractivity contribution in [2.24, 2.45) is 0 Å². The number of anilines is 1. The van der Waals surface area contributed by atoms with Gasteiger partial charge in [0.25, 0.3) is 5.91 Å². The molecule has 0 saturated heterocycles. The lowest BCUT2D eigenvalue weighted by atomic mass is 10.2. The van der Waals surface area contributed by atoms with E-state index in [-0.39, 0.29) is 18.5 Å². The number of rotatable bonds is 6. The molecule has 1 aromatic carbocycles. The number of aryl methyl sites for hydroxylation is 1. The third-order valence-corrected chi connectivity index (χ3v) is 2.79. The van der Waals surface area contributed by atoms with E-state index >= 15 is 0 Å². The zero-order valence-corrected chi connectivity index (χ0v) is 12.6. The number of hydrogen-bond donors (Lipinski definition) is 1. The molecule has 0 saturated carbocycles. The summed E-state index contributed by atoms with van der Waals surface area (Å²) in [5.74, 6) is 0.798. The molecule has 0 aliphatic rings. The number of hydrogen-bond acceptors (Lipinski definition) is 6. The molecule has 116 valence electrons. The highest BCUT2D eigenvalue weighted by molar-refractivity contribution is 5.93. The van der Waals surface area contributed by atoms with Gasteiger partial charge in [-0.15, -0.1) is 0 Å². The third kappa shape index (κ3) is 4.08. The molecular formula is C15H17N3O4. The van der Waals surface area contributed by atoms with Crippen LogP contribution in [0.3, 0.4) is 0 Å². The lowest BCUT2D eigenvalue weighted by molar-refractivity contribution is -0.118. The predicted molar refractivity (Wildman–Crippen MR) is 80.4 cm³/mol. The van der Waals surface area contributed by atoms with Gasteiger partial charge < -0.3 is 19.5 Å². The number of amides is 1. The molecule has 0 atom stereocenters. The molecule has 2 aromatic rings. The number of nitrogens with one attached hydrogen (secondary N) is 1. The summed E-state index contributed by atoms with van der Waals surface area (Å²) < 4.78 is 15.5. The molecule has 1 aromatic heterocycles. The Balaban J connectivity index is 1.97. The molecule has 0 spiro atoms. The van der Waals surface area contributed by atoms with E-state index in [0.29, 0.717) is 17.2 Å². The van der Waals surface area contributed by atoms with Crippen molar-refractivity contribution in [2.45, 2.75) is 6.92 Å². The van der Waals surface area contributed by atoms with E-state index < -0.39 is 0 Å². The number of benzene rings is 1. The third-order valence-electron chi connectivity index (χ3n) is 2.79. The van der Waals surface area contributed by atoms with E-state index in [1.165, 1.54) is 7.11 Å². The normalized spacial score (nSPS) is 9.95. The van der Waals surface area contributed by atoms with Gasteiger partial charge in [-0.3, -0.25) is 4.79 Å². The van der Waals surface area contributed by atoms with Gasteiger partial charge in [0.1, 0.15) is 11.5 Å². The quantitative estimate of drug-likeness (QED) is 0.876. The largest absolute Gasteiger partial charge is 0.497 e. The minimum Gasteiger partial charge on any atom is -0.497 e. The summed E-state index contributed by atoms with van der Waals surface area (Å²) in [5.41, 5.74) is 1.30. The van der Waals surface area contributed by atoms with Crippen molar-refractivity contribution in [1.29, 1.82) is 0 Å². The van der Waals surface area contributed by atoms with Crippen LogP contribution in [0.15, 0.2) is 30.5 Å².